The Labute approximate surface area is 171 Å². The minimum absolute atomic E-state index is 0.00458. The number of hydrogen-bond acceptors (Lipinski definition) is 4. The van der Waals surface area contributed by atoms with Crippen molar-refractivity contribution in [1.29, 1.82) is 0 Å². The van der Waals surface area contributed by atoms with E-state index in [-0.39, 0.29) is 29.0 Å². The predicted octanol–water partition coefficient (Wildman–Crippen LogP) is 5.19. The first kappa shape index (κ1) is 20.1. The minimum Gasteiger partial charge on any atom is -0.467 e. The van der Waals surface area contributed by atoms with Crippen molar-refractivity contribution in [3.63, 3.8) is 0 Å². The predicted molar refractivity (Wildman–Crippen MR) is 101 cm³/mol. The third kappa shape index (κ3) is 3.60. The molecule has 4 heterocycles. The standard InChI is InChI=1S/C19H22ClF3N4O2/c1-2-11-6-3-4-8-26(11)18(28)16-15(20)17-24-12(13-7-5-9-29-13)10-14(19(21,22)23)27(17)25-16/h5,7,9,11-12,14,24H,2-4,6,8,10H2,1H3/t11-,12+,14-/m1/s1. The van der Waals surface area contributed by atoms with E-state index in [0.29, 0.717) is 12.3 Å². The summed E-state index contributed by atoms with van der Waals surface area (Å²) in [6.07, 6.45) is 0.0860. The van der Waals surface area contributed by atoms with Gasteiger partial charge in [-0.1, -0.05) is 18.5 Å². The molecule has 0 aromatic carbocycles. The van der Waals surface area contributed by atoms with Crippen LogP contribution in [0.2, 0.25) is 5.02 Å². The highest BCUT2D eigenvalue weighted by Crippen LogP contribution is 2.46. The fourth-order valence-electron chi connectivity index (χ4n) is 4.23. The maximum atomic E-state index is 13.8. The number of nitrogens with zero attached hydrogens (tertiary/aromatic N) is 3. The Morgan fingerprint density at radius 2 is 2.21 bits per heavy atom. The number of amides is 1. The molecule has 2 aromatic rings. The van der Waals surface area contributed by atoms with Gasteiger partial charge in [0, 0.05) is 19.0 Å². The highest BCUT2D eigenvalue weighted by atomic mass is 35.5. The molecule has 3 atom stereocenters. The van der Waals surface area contributed by atoms with E-state index in [9.17, 15) is 18.0 Å². The molecule has 0 radical (unpaired) electrons. The van der Waals surface area contributed by atoms with Crippen molar-refractivity contribution in [3.05, 3.63) is 34.9 Å². The summed E-state index contributed by atoms with van der Waals surface area (Å²) in [5.74, 6) is -0.0477. The number of nitrogens with one attached hydrogen (secondary N) is 1. The van der Waals surface area contributed by atoms with Crippen molar-refractivity contribution in [1.82, 2.24) is 14.7 Å². The smallest absolute Gasteiger partial charge is 0.410 e. The summed E-state index contributed by atoms with van der Waals surface area (Å²) in [5, 5.41) is 6.93. The molecule has 4 rings (SSSR count). The molecule has 1 saturated heterocycles. The average molecular weight is 431 g/mol. The van der Waals surface area contributed by atoms with Crippen LogP contribution in [0.25, 0.3) is 0 Å². The summed E-state index contributed by atoms with van der Waals surface area (Å²) in [7, 11) is 0. The van der Waals surface area contributed by atoms with Gasteiger partial charge in [-0.05, 0) is 37.8 Å². The van der Waals surface area contributed by atoms with Gasteiger partial charge in [-0.2, -0.15) is 18.3 Å². The van der Waals surface area contributed by atoms with Gasteiger partial charge in [-0.15, -0.1) is 0 Å². The molecular formula is C19H22ClF3N4O2. The molecular weight excluding hydrogens is 409 g/mol. The maximum absolute atomic E-state index is 13.8. The van der Waals surface area contributed by atoms with Gasteiger partial charge in [-0.3, -0.25) is 4.79 Å². The van der Waals surface area contributed by atoms with Crippen molar-refractivity contribution in [2.24, 2.45) is 0 Å². The second-order valence-corrected chi connectivity index (χ2v) is 7.90. The van der Waals surface area contributed by atoms with Gasteiger partial charge in [-0.25, -0.2) is 4.68 Å². The van der Waals surface area contributed by atoms with E-state index in [4.69, 9.17) is 16.0 Å². The second-order valence-electron chi connectivity index (χ2n) is 7.52. The van der Waals surface area contributed by atoms with Gasteiger partial charge in [0.1, 0.15) is 16.6 Å². The minimum atomic E-state index is -4.55. The normalized spacial score (nSPS) is 24.9. The number of hydrogen-bond donors (Lipinski definition) is 1. The first-order valence-corrected chi connectivity index (χ1v) is 10.1. The van der Waals surface area contributed by atoms with E-state index in [2.05, 4.69) is 10.4 Å². The summed E-state index contributed by atoms with van der Waals surface area (Å²) in [4.78, 5) is 14.8. The molecule has 1 fully saturated rings. The van der Waals surface area contributed by atoms with Gasteiger partial charge < -0.3 is 14.6 Å². The molecule has 0 spiro atoms. The number of aromatic nitrogens is 2. The van der Waals surface area contributed by atoms with Crippen LogP contribution in [0.1, 0.15) is 67.4 Å². The number of alkyl halides is 3. The number of piperidine rings is 1. The zero-order valence-corrected chi connectivity index (χ0v) is 16.6. The van der Waals surface area contributed by atoms with E-state index in [0.717, 1.165) is 30.4 Å². The summed E-state index contributed by atoms with van der Waals surface area (Å²) < 4.78 is 47.5. The van der Waals surface area contributed by atoms with Crippen molar-refractivity contribution in [2.75, 3.05) is 11.9 Å². The number of fused-ring (bicyclic) bond motifs is 1. The van der Waals surface area contributed by atoms with Crippen LogP contribution in [0.4, 0.5) is 19.0 Å². The Morgan fingerprint density at radius 3 is 2.86 bits per heavy atom. The highest BCUT2D eigenvalue weighted by molar-refractivity contribution is 6.36. The van der Waals surface area contributed by atoms with Gasteiger partial charge in [0.15, 0.2) is 11.7 Å². The van der Waals surface area contributed by atoms with Crippen LogP contribution in [-0.4, -0.2) is 39.4 Å². The topological polar surface area (TPSA) is 63.3 Å². The van der Waals surface area contributed by atoms with Gasteiger partial charge in [0.2, 0.25) is 0 Å². The fraction of sp³-hybridized carbons (Fsp3) is 0.579. The molecule has 0 unspecified atom stereocenters. The number of likely N-dealkylation sites (tertiary alicyclic amines) is 1. The maximum Gasteiger partial charge on any atom is 0.410 e. The molecule has 6 nitrogen and oxygen atoms in total. The fourth-order valence-corrected chi connectivity index (χ4v) is 4.49. The molecule has 0 bridgehead atoms. The summed E-state index contributed by atoms with van der Waals surface area (Å²) in [5.41, 5.74) is -0.135. The van der Waals surface area contributed by atoms with Crippen molar-refractivity contribution in [2.45, 2.75) is 63.3 Å². The van der Waals surface area contributed by atoms with Gasteiger partial charge in [0.25, 0.3) is 5.91 Å². The van der Waals surface area contributed by atoms with E-state index < -0.39 is 24.2 Å². The zero-order chi connectivity index (χ0) is 20.8. The number of rotatable bonds is 3. The first-order valence-electron chi connectivity index (χ1n) is 9.76. The van der Waals surface area contributed by atoms with Crippen molar-refractivity contribution in [3.8, 4) is 0 Å². The van der Waals surface area contributed by atoms with Crippen LogP contribution >= 0.6 is 11.6 Å². The number of carbonyl (C=O) groups excluding carboxylic acids is 1. The molecule has 0 aliphatic carbocycles. The van der Waals surface area contributed by atoms with Crippen LogP contribution < -0.4 is 5.32 Å². The second kappa shape index (κ2) is 7.59. The molecule has 2 aliphatic heterocycles. The van der Waals surface area contributed by atoms with Crippen LogP contribution in [0, 0.1) is 0 Å². The molecule has 158 valence electrons. The molecule has 1 N–H and O–H groups in total. The molecule has 0 saturated carbocycles. The summed E-state index contributed by atoms with van der Waals surface area (Å²) in [6.45, 7) is 2.55. The molecule has 1 amide bonds. The lowest BCUT2D eigenvalue weighted by atomic mass is 9.99. The van der Waals surface area contributed by atoms with Crippen LogP contribution in [0.5, 0.6) is 0 Å². The molecule has 2 aromatic heterocycles. The number of furan rings is 1. The molecule has 2 aliphatic rings. The lowest BCUT2D eigenvalue weighted by Gasteiger charge is -2.34. The number of anilines is 1. The Kier molecular flexibility index (Phi) is 5.27. The lowest BCUT2D eigenvalue weighted by molar-refractivity contribution is -0.174. The largest absolute Gasteiger partial charge is 0.467 e. The summed E-state index contributed by atoms with van der Waals surface area (Å²) >= 11 is 6.40. The SMILES string of the molecule is CC[C@@H]1CCCCN1C(=O)c1nn2c(c1Cl)N[C@H](c1ccco1)C[C@@H]2C(F)(F)F. The van der Waals surface area contributed by atoms with Crippen LogP contribution in [-0.2, 0) is 0 Å². The number of carbonyl (C=O) groups is 1. The van der Waals surface area contributed by atoms with E-state index >= 15 is 0 Å². The Bertz CT molecular complexity index is 881. The monoisotopic (exact) mass is 430 g/mol. The Morgan fingerprint density at radius 1 is 1.41 bits per heavy atom. The van der Waals surface area contributed by atoms with E-state index in [1.807, 2.05) is 6.92 Å². The van der Waals surface area contributed by atoms with E-state index in [1.54, 1.807) is 17.0 Å². The van der Waals surface area contributed by atoms with Gasteiger partial charge in [0.05, 0.1) is 12.3 Å². The first-order chi connectivity index (χ1) is 13.8. The number of halogens is 4. The van der Waals surface area contributed by atoms with Crippen LogP contribution in [0.15, 0.2) is 22.8 Å². The molecule has 29 heavy (non-hydrogen) atoms. The molecule has 10 heteroatoms. The highest BCUT2D eigenvalue weighted by Gasteiger charge is 2.48. The van der Waals surface area contributed by atoms with Crippen molar-refractivity contribution < 1.29 is 22.4 Å². The van der Waals surface area contributed by atoms with E-state index in [1.165, 1.54) is 6.26 Å². The zero-order valence-electron chi connectivity index (χ0n) is 15.9. The third-order valence-corrected chi connectivity index (χ3v) is 6.10. The Hall–Kier alpha value is -2.16. The van der Waals surface area contributed by atoms with Crippen molar-refractivity contribution >= 4 is 23.3 Å². The Balaban J connectivity index is 1.72. The third-order valence-electron chi connectivity index (χ3n) is 5.74. The van der Waals surface area contributed by atoms with Crippen LogP contribution in [0.3, 0.4) is 0 Å². The lowest BCUT2D eigenvalue weighted by Crippen LogP contribution is -2.43. The average Bonchev–Trinajstić information content (AvgIpc) is 3.34. The quantitative estimate of drug-likeness (QED) is 0.727. The summed E-state index contributed by atoms with van der Waals surface area (Å²) in [6, 6.07) is 0.643. The van der Waals surface area contributed by atoms with Gasteiger partial charge >= 0.3 is 6.18 Å².